The highest BCUT2D eigenvalue weighted by Gasteiger charge is 2.40. The van der Waals surface area contributed by atoms with E-state index < -0.39 is 33.9 Å². The Labute approximate surface area is 256 Å². The monoisotopic (exact) mass is 647 g/mol. The average Bonchev–Trinajstić information content (AvgIpc) is 3.68. The van der Waals surface area contributed by atoms with Crippen LogP contribution in [-0.4, -0.2) is 107 Å². The molecule has 6 rings (SSSR count). The number of nitrogens with one attached hydrogen (secondary N) is 1. The maximum Gasteiger partial charge on any atom is 0.283 e. The Kier molecular flexibility index (Phi) is 7.79. The number of likely N-dealkylation sites (tertiary alicyclic amines) is 1. The minimum atomic E-state index is -3.99. The van der Waals surface area contributed by atoms with Gasteiger partial charge in [0.25, 0.3) is 15.9 Å². The first-order valence-electron chi connectivity index (χ1n) is 13.9. The summed E-state index contributed by atoms with van der Waals surface area (Å²) in [6.45, 7) is 0.682. The number of amides is 4. The number of aromatic amines is 1. The van der Waals surface area contributed by atoms with Gasteiger partial charge in [0.1, 0.15) is 11.1 Å². The van der Waals surface area contributed by atoms with Gasteiger partial charge in [0.15, 0.2) is 5.01 Å². The lowest BCUT2D eigenvalue weighted by atomic mass is 10.1. The molecule has 13 nitrogen and oxygen atoms in total. The van der Waals surface area contributed by atoms with Crippen molar-refractivity contribution in [2.45, 2.75) is 42.8 Å². The first kappa shape index (κ1) is 29.7. The number of halogens is 1. The Hall–Kier alpha value is -3.37. The summed E-state index contributed by atoms with van der Waals surface area (Å²) in [4.78, 5) is 63.4. The quantitative estimate of drug-likeness (QED) is 0.362. The van der Waals surface area contributed by atoms with E-state index in [-0.39, 0.29) is 67.3 Å². The molecule has 2 aromatic heterocycles. The molecule has 0 bridgehead atoms. The van der Waals surface area contributed by atoms with Crippen LogP contribution >= 0.6 is 22.9 Å². The number of hydrogen-bond donors (Lipinski definition) is 2. The van der Waals surface area contributed by atoms with Crippen molar-refractivity contribution >= 4 is 67.5 Å². The van der Waals surface area contributed by atoms with E-state index in [2.05, 4.69) is 9.97 Å². The molecule has 0 radical (unpaired) electrons. The summed E-state index contributed by atoms with van der Waals surface area (Å²) in [6.07, 6.45) is 1.02. The summed E-state index contributed by atoms with van der Waals surface area (Å²) in [5, 5.41) is 1.32. The summed E-state index contributed by atoms with van der Waals surface area (Å²) in [5.74, 6) is -1.49. The predicted molar refractivity (Wildman–Crippen MR) is 158 cm³/mol. The van der Waals surface area contributed by atoms with Crippen molar-refractivity contribution in [1.29, 1.82) is 0 Å². The predicted octanol–water partition coefficient (Wildman–Crippen LogP) is 1.35. The third-order valence-corrected chi connectivity index (χ3v) is 11.5. The zero-order valence-corrected chi connectivity index (χ0v) is 25.7. The molecule has 0 aliphatic carbocycles. The molecule has 0 spiro atoms. The number of primary amides is 1. The second-order valence-electron chi connectivity index (χ2n) is 11.0. The van der Waals surface area contributed by atoms with Crippen LogP contribution in [0.2, 0.25) is 5.02 Å². The molecule has 2 unspecified atom stereocenters. The molecular formula is C27H30ClN7O6S2. The van der Waals surface area contributed by atoms with Crippen molar-refractivity contribution < 1.29 is 27.6 Å². The lowest BCUT2D eigenvalue weighted by molar-refractivity contribution is -0.138. The van der Waals surface area contributed by atoms with Crippen molar-refractivity contribution in [3.63, 3.8) is 0 Å². The van der Waals surface area contributed by atoms with Crippen molar-refractivity contribution in [3.8, 4) is 0 Å². The minimum absolute atomic E-state index is 0.00223. The highest BCUT2D eigenvalue weighted by Crippen LogP contribution is 2.35. The van der Waals surface area contributed by atoms with E-state index >= 15 is 0 Å². The molecule has 16 heteroatoms. The largest absolute Gasteiger partial charge is 0.368 e. The van der Waals surface area contributed by atoms with Crippen LogP contribution in [0.25, 0.3) is 10.9 Å². The van der Waals surface area contributed by atoms with Gasteiger partial charge in [-0.1, -0.05) is 11.6 Å². The number of benzene rings is 1. The fourth-order valence-corrected chi connectivity index (χ4v) is 8.90. The molecule has 5 heterocycles. The number of carbonyl (C=O) groups is 4. The molecule has 3 aliphatic heterocycles. The van der Waals surface area contributed by atoms with Crippen LogP contribution in [0.1, 0.15) is 45.7 Å². The molecule has 2 fully saturated rings. The van der Waals surface area contributed by atoms with Gasteiger partial charge < -0.3 is 15.6 Å². The zero-order chi connectivity index (χ0) is 30.6. The van der Waals surface area contributed by atoms with E-state index in [1.165, 1.54) is 15.3 Å². The fraction of sp³-hybridized carbons (Fsp3) is 0.444. The van der Waals surface area contributed by atoms with Crippen LogP contribution in [0.5, 0.6) is 0 Å². The van der Waals surface area contributed by atoms with Crippen LogP contribution in [0, 0.1) is 0 Å². The zero-order valence-electron chi connectivity index (χ0n) is 23.3. The number of H-pyrrole nitrogens is 1. The molecule has 0 saturated carbocycles. The molecule has 2 saturated heterocycles. The lowest BCUT2D eigenvalue weighted by Gasteiger charge is -2.40. The molecule has 228 valence electrons. The SMILES string of the molecule is CN1CCc2nc(C(=O)N3CCN(S(=O)(=O)c4cc5cc(Cl)ccc5[nH]4)CC3CCN3C(=O)CCC3=O)sc2C1C(N)=O. The Morgan fingerprint density at radius 1 is 1.12 bits per heavy atom. The maximum absolute atomic E-state index is 13.9. The third-order valence-electron chi connectivity index (χ3n) is 8.29. The molecule has 3 N–H and O–H groups in total. The number of hydrogen-bond acceptors (Lipinski definition) is 9. The van der Waals surface area contributed by atoms with E-state index in [4.69, 9.17) is 17.3 Å². The van der Waals surface area contributed by atoms with Gasteiger partial charge in [0.2, 0.25) is 17.7 Å². The number of thiazole rings is 1. The first-order valence-corrected chi connectivity index (χ1v) is 16.5. The molecule has 4 amide bonds. The number of nitrogens with zero attached hydrogens (tertiary/aromatic N) is 5. The fourth-order valence-electron chi connectivity index (χ4n) is 5.99. The highest BCUT2D eigenvalue weighted by atomic mass is 35.5. The number of imide groups is 1. The standard InChI is InChI=1S/C27H30ClN7O6S2/c1-32-8-7-19-24(23(32)25(29)38)42-26(31-19)27(39)34-11-10-33(14-17(34)6-9-35-21(36)4-5-22(35)37)43(40,41)20-13-15-12-16(28)2-3-18(15)30-20/h2-3,12-13,17,23,30H,4-11,14H2,1H3,(H2,29,38). The van der Waals surface area contributed by atoms with Crippen LogP contribution in [0.3, 0.4) is 0 Å². The van der Waals surface area contributed by atoms with Crippen molar-refractivity contribution in [1.82, 2.24) is 29.0 Å². The van der Waals surface area contributed by atoms with Crippen molar-refractivity contribution in [2.24, 2.45) is 5.73 Å². The normalized spacial score (nSPS) is 22.0. The van der Waals surface area contributed by atoms with E-state index in [0.29, 0.717) is 39.5 Å². The third kappa shape index (κ3) is 5.44. The maximum atomic E-state index is 13.9. The first-order chi connectivity index (χ1) is 20.4. The topological polar surface area (TPSA) is 170 Å². The average molecular weight is 648 g/mol. The van der Waals surface area contributed by atoms with Gasteiger partial charge in [0.05, 0.1) is 10.6 Å². The van der Waals surface area contributed by atoms with Gasteiger partial charge >= 0.3 is 0 Å². The Morgan fingerprint density at radius 3 is 2.58 bits per heavy atom. The summed E-state index contributed by atoms with van der Waals surface area (Å²) in [7, 11) is -2.20. The van der Waals surface area contributed by atoms with E-state index in [0.717, 1.165) is 11.3 Å². The molecule has 43 heavy (non-hydrogen) atoms. The highest BCUT2D eigenvalue weighted by molar-refractivity contribution is 7.89. The second-order valence-corrected chi connectivity index (χ2v) is 14.3. The summed E-state index contributed by atoms with van der Waals surface area (Å²) >= 11 is 7.21. The summed E-state index contributed by atoms with van der Waals surface area (Å²) < 4.78 is 28.8. The number of nitrogens with two attached hydrogens (primary N) is 1. The Bertz CT molecular complexity index is 1740. The van der Waals surface area contributed by atoms with Gasteiger partial charge in [-0.15, -0.1) is 11.3 Å². The van der Waals surface area contributed by atoms with Gasteiger partial charge in [-0.3, -0.25) is 29.0 Å². The molecule has 2 atom stereocenters. The summed E-state index contributed by atoms with van der Waals surface area (Å²) in [5.41, 5.74) is 6.92. The van der Waals surface area contributed by atoms with E-state index in [1.54, 1.807) is 30.1 Å². The second kappa shape index (κ2) is 11.3. The number of piperazine rings is 1. The van der Waals surface area contributed by atoms with Crippen LogP contribution in [0.4, 0.5) is 0 Å². The van der Waals surface area contributed by atoms with Crippen LogP contribution in [0.15, 0.2) is 29.3 Å². The van der Waals surface area contributed by atoms with Gasteiger partial charge in [0, 0.05) is 74.0 Å². The Morgan fingerprint density at radius 2 is 1.86 bits per heavy atom. The minimum Gasteiger partial charge on any atom is -0.368 e. The van der Waals surface area contributed by atoms with Crippen molar-refractivity contribution in [3.05, 3.63) is 44.9 Å². The number of carbonyl (C=O) groups excluding carboxylic acids is 4. The molecule has 3 aromatic rings. The van der Waals surface area contributed by atoms with Gasteiger partial charge in [-0.05, 0) is 37.7 Å². The van der Waals surface area contributed by atoms with Crippen LogP contribution in [-0.2, 0) is 30.8 Å². The van der Waals surface area contributed by atoms with Crippen LogP contribution < -0.4 is 5.73 Å². The Balaban J connectivity index is 1.28. The molecular weight excluding hydrogens is 618 g/mol. The molecule has 1 aromatic carbocycles. The number of rotatable bonds is 7. The van der Waals surface area contributed by atoms with Gasteiger partial charge in [-0.2, -0.15) is 4.31 Å². The number of sulfonamides is 1. The van der Waals surface area contributed by atoms with Crippen molar-refractivity contribution in [2.75, 3.05) is 39.8 Å². The van der Waals surface area contributed by atoms with Gasteiger partial charge in [-0.25, -0.2) is 13.4 Å². The summed E-state index contributed by atoms with van der Waals surface area (Å²) in [6, 6.07) is 5.23. The van der Waals surface area contributed by atoms with E-state index in [9.17, 15) is 27.6 Å². The van der Waals surface area contributed by atoms with E-state index in [1.807, 2.05) is 4.90 Å². The number of fused-ring (bicyclic) bond motifs is 2. The lowest BCUT2D eigenvalue weighted by Crippen LogP contribution is -2.57. The molecule has 3 aliphatic rings. The number of aromatic nitrogens is 2. The number of likely N-dealkylation sites (N-methyl/N-ethyl adjacent to an activating group) is 1. The smallest absolute Gasteiger partial charge is 0.283 e.